The Hall–Kier alpha value is -0.970. The van der Waals surface area contributed by atoms with Crippen LogP contribution in [0.3, 0.4) is 0 Å². The van der Waals surface area contributed by atoms with Crippen LogP contribution in [0.2, 0.25) is 0 Å². The molecule has 1 atom stereocenters. The van der Waals surface area contributed by atoms with Crippen molar-refractivity contribution in [3.63, 3.8) is 0 Å². The highest BCUT2D eigenvalue weighted by atomic mass is 79.9. The molecule has 0 aliphatic rings. The van der Waals surface area contributed by atoms with E-state index in [2.05, 4.69) is 34.8 Å². The fourth-order valence-electron chi connectivity index (χ4n) is 1.34. The molecule has 1 aromatic heterocycles. The Morgan fingerprint density at radius 2 is 2.12 bits per heavy atom. The quantitative estimate of drug-likeness (QED) is 0.485. The Morgan fingerprint density at radius 3 is 2.62 bits per heavy atom. The molecule has 1 heterocycles. The van der Waals surface area contributed by atoms with E-state index < -0.39 is 0 Å². The van der Waals surface area contributed by atoms with Gasteiger partial charge in [-0.1, -0.05) is 29.8 Å². The SMILES string of the molecule is Cc1ccc([N+](=O)[O-])c(CC(Br)C(C)C)n1. The predicted octanol–water partition coefficient (Wildman–Crippen LogP) is 3.26. The van der Waals surface area contributed by atoms with Gasteiger partial charge in [0.1, 0.15) is 5.69 Å². The van der Waals surface area contributed by atoms with Crippen LogP contribution in [0.15, 0.2) is 12.1 Å². The maximum atomic E-state index is 10.8. The van der Waals surface area contributed by atoms with Crippen molar-refractivity contribution in [1.29, 1.82) is 0 Å². The second-order valence-corrected chi connectivity index (χ2v) is 5.32. The summed E-state index contributed by atoms with van der Waals surface area (Å²) in [6.07, 6.45) is 0.579. The van der Waals surface area contributed by atoms with Crippen LogP contribution in [0, 0.1) is 23.0 Å². The molecule has 0 aliphatic carbocycles. The molecule has 0 aliphatic heterocycles. The number of pyridine rings is 1. The molecule has 0 bridgehead atoms. The van der Waals surface area contributed by atoms with Crippen LogP contribution in [0.5, 0.6) is 0 Å². The number of hydrogen-bond donors (Lipinski definition) is 0. The molecule has 1 rings (SSSR count). The van der Waals surface area contributed by atoms with Gasteiger partial charge in [-0.05, 0) is 18.9 Å². The summed E-state index contributed by atoms with van der Waals surface area (Å²) < 4.78 is 0. The lowest BCUT2D eigenvalue weighted by molar-refractivity contribution is -0.385. The average molecular weight is 287 g/mol. The Morgan fingerprint density at radius 1 is 1.50 bits per heavy atom. The van der Waals surface area contributed by atoms with E-state index in [1.54, 1.807) is 6.07 Å². The van der Waals surface area contributed by atoms with Crippen molar-refractivity contribution in [2.24, 2.45) is 5.92 Å². The highest BCUT2D eigenvalue weighted by Gasteiger charge is 2.19. The minimum atomic E-state index is -0.373. The summed E-state index contributed by atoms with van der Waals surface area (Å²) in [5.41, 5.74) is 1.47. The molecule has 1 aromatic rings. The van der Waals surface area contributed by atoms with Crippen LogP contribution in [0.4, 0.5) is 5.69 Å². The van der Waals surface area contributed by atoms with Gasteiger partial charge in [-0.25, -0.2) is 0 Å². The summed E-state index contributed by atoms with van der Waals surface area (Å²) in [5.74, 6) is 0.418. The van der Waals surface area contributed by atoms with Crippen molar-refractivity contribution in [1.82, 2.24) is 4.98 Å². The number of aryl methyl sites for hydroxylation is 1. The lowest BCUT2D eigenvalue weighted by Gasteiger charge is -2.13. The van der Waals surface area contributed by atoms with Gasteiger partial charge < -0.3 is 0 Å². The Balaban J connectivity index is 3.01. The molecule has 0 amide bonds. The molecular weight excluding hydrogens is 272 g/mol. The summed E-state index contributed by atoms with van der Waals surface area (Å²) in [7, 11) is 0. The first-order valence-corrected chi connectivity index (χ1v) is 6.08. The molecule has 0 spiro atoms. The van der Waals surface area contributed by atoms with Crippen molar-refractivity contribution in [2.45, 2.75) is 32.0 Å². The van der Waals surface area contributed by atoms with Crippen molar-refractivity contribution in [3.8, 4) is 0 Å². The minimum absolute atomic E-state index is 0.107. The number of halogens is 1. The minimum Gasteiger partial charge on any atom is -0.258 e. The summed E-state index contributed by atoms with van der Waals surface area (Å²) >= 11 is 3.52. The molecule has 0 N–H and O–H groups in total. The van der Waals surface area contributed by atoms with Gasteiger partial charge in [-0.2, -0.15) is 0 Å². The van der Waals surface area contributed by atoms with Crippen LogP contribution in [-0.2, 0) is 6.42 Å². The van der Waals surface area contributed by atoms with Crippen molar-refractivity contribution < 1.29 is 4.92 Å². The Bertz CT molecular complexity index is 394. The maximum absolute atomic E-state index is 10.8. The van der Waals surface area contributed by atoms with Crippen LogP contribution in [-0.4, -0.2) is 14.7 Å². The molecule has 88 valence electrons. The number of alkyl halides is 1. The van der Waals surface area contributed by atoms with Gasteiger partial charge in [0.25, 0.3) is 5.69 Å². The molecule has 4 nitrogen and oxygen atoms in total. The van der Waals surface area contributed by atoms with Gasteiger partial charge >= 0.3 is 0 Å². The van der Waals surface area contributed by atoms with Gasteiger partial charge in [-0.3, -0.25) is 15.1 Å². The normalized spacial score (nSPS) is 12.8. The standard InChI is InChI=1S/C11H15BrN2O2/c1-7(2)9(12)6-10-11(14(15)16)5-4-8(3)13-10/h4-5,7,9H,6H2,1-3H3. The van der Waals surface area contributed by atoms with Crippen LogP contribution in [0.25, 0.3) is 0 Å². The van der Waals surface area contributed by atoms with Crippen LogP contribution < -0.4 is 0 Å². The van der Waals surface area contributed by atoms with Gasteiger partial charge in [0, 0.05) is 23.0 Å². The molecule has 1 unspecified atom stereocenters. The largest absolute Gasteiger partial charge is 0.290 e. The third kappa shape index (κ3) is 3.27. The molecule has 16 heavy (non-hydrogen) atoms. The first-order chi connectivity index (χ1) is 7.41. The summed E-state index contributed by atoms with van der Waals surface area (Å²) in [5, 5.41) is 10.8. The Labute approximate surface area is 103 Å². The molecule has 0 saturated carbocycles. The lowest BCUT2D eigenvalue weighted by Crippen LogP contribution is -2.13. The smallest absolute Gasteiger partial charge is 0.258 e. The highest BCUT2D eigenvalue weighted by Crippen LogP contribution is 2.23. The molecule has 0 radical (unpaired) electrons. The van der Waals surface area contributed by atoms with Gasteiger partial charge in [0.05, 0.1) is 4.92 Å². The molecule has 0 fully saturated rings. The topological polar surface area (TPSA) is 56.0 Å². The van der Waals surface area contributed by atoms with E-state index in [4.69, 9.17) is 0 Å². The van der Waals surface area contributed by atoms with Gasteiger partial charge in [0.15, 0.2) is 0 Å². The number of aromatic nitrogens is 1. The zero-order valence-electron chi connectivity index (χ0n) is 9.61. The third-order valence-corrected chi connectivity index (χ3v) is 3.78. The fourth-order valence-corrected chi connectivity index (χ4v) is 1.65. The number of nitro groups is 1. The van der Waals surface area contributed by atoms with E-state index in [9.17, 15) is 10.1 Å². The molecule has 0 saturated heterocycles. The van der Waals surface area contributed by atoms with Gasteiger partial charge in [0.2, 0.25) is 0 Å². The summed E-state index contributed by atoms with van der Waals surface area (Å²) in [6.45, 7) is 5.98. The summed E-state index contributed by atoms with van der Waals surface area (Å²) in [6, 6.07) is 3.19. The summed E-state index contributed by atoms with van der Waals surface area (Å²) in [4.78, 5) is 14.9. The van der Waals surface area contributed by atoms with Crippen molar-refractivity contribution >= 4 is 21.6 Å². The second-order valence-electron chi connectivity index (χ2n) is 4.14. The van der Waals surface area contributed by atoms with Crippen LogP contribution in [0.1, 0.15) is 25.2 Å². The zero-order valence-corrected chi connectivity index (χ0v) is 11.2. The first kappa shape index (κ1) is 13.1. The molecule has 0 aromatic carbocycles. The van der Waals surface area contributed by atoms with Gasteiger partial charge in [-0.15, -0.1) is 0 Å². The van der Waals surface area contributed by atoms with Crippen molar-refractivity contribution in [2.75, 3.05) is 0 Å². The lowest BCUT2D eigenvalue weighted by atomic mass is 10.0. The number of rotatable bonds is 4. The monoisotopic (exact) mass is 286 g/mol. The van der Waals surface area contributed by atoms with E-state index in [1.165, 1.54) is 6.07 Å². The second kappa shape index (κ2) is 5.39. The third-order valence-electron chi connectivity index (χ3n) is 2.40. The van der Waals surface area contributed by atoms with E-state index in [0.29, 0.717) is 18.0 Å². The first-order valence-electron chi connectivity index (χ1n) is 5.16. The number of hydrogen-bond acceptors (Lipinski definition) is 3. The average Bonchev–Trinajstić information content (AvgIpc) is 2.16. The number of nitrogens with zero attached hydrogens (tertiary/aromatic N) is 2. The maximum Gasteiger partial charge on any atom is 0.290 e. The Kier molecular flexibility index (Phi) is 4.41. The van der Waals surface area contributed by atoms with Crippen LogP contribution >= 0.6 is 15.9 Å². The highest BCUT2D eigenvalue weighted by molar-refractivity contribution is 9.09. The predicted molar refractivity (Wildman–Crippen MR) is 66.9 cm³/mol. The fraction of sp³-hybridized carbons (Fsp3) is 0.545. The zero-order chi connectivity index (χ0) is 12.3. The molecular formula is C11H15BrN2O2. The van der Waals surface area contributed by atoms with E-state index in [-0.39, 0.29) is 15.4 Å². The van der Waals surface area contributed by atoms with Crippen molar-refractivity contribution in [3.05, 3.63) is 33.6 Å². The van der Waals surface area contributed by atoms with E-state index in [1.807, 2.05) is 6.92 Å². The van der Waals surface area contributed by atoms with E-state index >= 15 is 0 Å². The molecule has 5 heteroatoms. The van der Waals surface area contributed by atoms with E-state index in [0.717, 1.165) is 5.69 Å².